The first-order valence-corrected chi connectivity index (χ1v) is 3.46. The molecule has 1 aliphatic carbocycles. The van der Waals surface area contributed by atoms with E-state index in [1.54, 1.807) is 13.8 Å². The average Bonchev–Trinajstić information content (AvgIpc) is 1.73. The highest BCUT2D eigenvalue weighted by atomic mass is 16.4. The third-order valence-electron chi connectivity index (χ3n) is 2.35. The minimum Gasteiger partial charge on any atom is -0.387 e. The summed E-state index contributed by atoms with van der Waals surface area (Å²) in [7, 11) is 0. The molecular formula is C8H14O2. The van der Waals surface area contributed by atoms with E-state index in [0.29, 0.717) is 12.8 Å². The minimum atomic E-state index is -0.982. The van der Waals surface area contributed by atoms with Crippen LogP contribution in [-0.2, 0) is 0 Å². The molecule has 0 aromatic carbocycles. The lowest BCUT2D eigenvalue weighted by Gasteiger charge is -2.30. The van der Waals surface area contributed by atoms with Crippen molar-refractivity contribution in [3.8, 4) is 0 Å². The molecule has 0 aromatic heterocycles. The van der Waals surface area contributed by atoms with Gasteiger partial charge in [0.2, 0.25) is 0 Å². The summed E-state index contributed by atoms with van der Waals surface area (Å²) in [5.74, 6) is 0. The van der Waals surface area contributed by atoms with Gasteiger partial charge in [0.15, 0.2) is 0 Å². The van der Waals surface area contributed by atoms with Gasteiger partial charge < -0.3 is 10.2 Å². The molecule has 0 unspecified atom stereocenters. The van der Waals surface area contributed by atoms with Gasteiger partial charge in [0.25, 0.3) is 0 Å². The summed E-state index contributed by atoms with van der Waals surface area (Å²) in [6.45, 7) is 7.01. The first-order valence-electron chi connectivity index (χ1n) is 3.46. The fourth-order valence-corrected chi connectivity index (χ4v) is 1.42. The Morgan fingerprint density at radius 2 is 1.50 bits per heavy atom. The Kier molecular flexibility index (Phi) is 1.42. The average molecular weight is 142 g/mol. The number of aliphatic hydroxyl groups is 2. The zero-order valence-electron chi connectivity index (χ0n) is 6.52. The van der Waals surface area contributed by atoms with Crippen molar-refractivity contribution in [2.24, 2.45) is 0 Å². The highest BCUT2D eigenvalue weighted by molar-refractivity contribution is 5.18. The van der Waals surface area contributed by atoms with E-state index in [2.05, 4.69) is 6.58 Å². The molecule has 0 aliphatic heterocycles. The Balaban J connectivity index is 2.88. The second-order valence-corrected chi connectivity index (χ2v) is 3.65. The molecule has 0 aromatic rings. The van der Waals surface area contributed by atoms with Crippen molar-refractivity contribution in [1.82, 2.24) is 0 Å². The highest BCUT2D eigenvalue weighted by Gasteiger charge is 2.47. The lowest BCUT2D eigenvalue weighted by molar-refractivity contribution is -0.107. The van der Waals surface area contributed by atoms with Crippen LogP contribution < -0.4 is 0 Å². The Labute approximate surface area is 61.2 Å². The molecule has 2 nitrogen and oxygen atoms in total. The molecular weight excluding hydrogens is 128 g/mol. The summed E-state index contributed by atoms with van der Waals surface area (Å²) in [5.41, 5.74) is -1.04. The number of rotatable bonds is 0. The minimum absolute atomic E-state index is 0.514. The van der Waals surface area contributed by atoms with Crippen molar-refractivity contribution in [2.45, 2.75) is 37.9 Å². The third kappa shape index (κ3) is 0.976. The first kappa shape index (κ1) is 7.76. The van der Waals surface area contributed by atoms with Gasteiger partial charge in [-0.1, -0.05) is 12.2 Å². The number of hydrogen-bond donors (Lipinski definition) is 2. The molecule has 0 radical (unpaired) electrons. The van der Waals surface area contributed by atoms with Crippen LogP contribution >= 0.6 is 0 Å². The zero-order chi connectivity index (χ0) is 7.99. The van der Waals surface area contributed by atoms with Crippen molar-refractivity contribution in [2.75, 3.05) is 0 Å². The summed E-state index contributed by atoms with van der Waals surface area (Å²) in [6.07, 6.45) is 1.03. The molecule has 1 rings (SSSR count). The standard InChI is InChI=1S/C8H14O2/c1-6-4-7(2,9)8(3,10)5-6/h9-10H,1,4-5H2,2-3H3/t7-,8+. The van der Waals surface area contributed by atoms with Crippen molar-refractivity contribution >= 4 is 0 Å². The molecule has 0 amide bonds. The maximum Gasteiger partial charge on any atom is 0.0942 e. The topological polar surface area (TPSA) is 40.5 Å². The van der Waals surface area contributed by atoms with Gasteiger partial charge in [-0.2, -0.15) is 0 Å². The molecule has 2 N–H and O–H groups in total. The molecule has 2 heteroatoms. The monoisotopic (exact) mass is 142 g/mol. The molecule has 10 heavy (non-hydrogen) atoms. The van der Waals surface area contributed by atoms with Crippen LogP contribution in [0.25, 0.3) is 0 Å². The Bertz CT molecular complexity index is 150. The molecule has 0 bridgehead atoms. The lowest BCUT2D eigenvalue weighted by Crippen LogP contribution is -2.44. The van der Waals surface area contributed by atoms with E-state index in [0.717, 1.165) is 5.57 Å². The van der Waals surface area contributed by atoms with Gasteiger partial charge >= 0.3 is 0 Å². The van der Waals surface area contributed by atoms with Crippen LogP contribution in [-0.4, -0.2) is 21.4 Å². The molecule has 58 valence electrons. The fourth-order valence-electron chi connectivity index (χ4n) is 1.42. The fraction of sp³-hybridized carbons (Fsp3) is 0.750. The van der Waals surface area contributed by atoms with Gasteiger partial charge in [0, 0.05) is 0 Å². The predicted octanol–water partition coefficient (Wildman–Crippen LogP) is 0.838. The van der Waals surface area contributed by atoms with Gasteiger partial charge in [-0.3, -0.25) is 0 Å². The molecule has 2 atom stereocenters. The van der Waals surface area contributed by atoms with Crippen molar-refractivity contribution in [3.63, 3.8) is 0 Å². The van der Waals surface area contributed by atoms with Crippen LogP contribution in [0.3, 0.4) is 0 Å². The van der Waals surface area contributed by atoms with Gasteiger partial charge in [0.05, 0.1) is 11.2 Å². The van der Waals surface area contributed by atoms with Crippen LogP contribution in [0.4, 0.5) is 0 Å². The lowest BCUT2D eigenvalue weighted by atomic mass is 9.90. The Hall–Kier alpha value is -0.340. The van der Waals surface area contributed by atoms with Crippen LogP contribution in [0, 0.1) is 0 Å². The van der Waals surface area contributed by atoms with E-state index in [1.807, 2.05) is 0 Å². The molecule has 1 saturated carbocycles. The second kappa shape index (κ2) is 1.83. The van der Waals surface area contributed by atoms with Crippen molar-refractivity contribution in [3.05, 3.63) is 12.2 Å². The predicted molar refractivity (Wildman–Crippen MR) is 39.6 cm³/mol. The molecule has 0 saturated heterocycles. The maximum atomic E-state index is 9.58. The Morgan fingerprint density at radius 3 is 1.60 bits per heavy atom. The Morgan fingerprint density at radius 1 is 1.20 bits per heavy atom. The van der Waals surface area contributed by atoms with E-state index in [4.69, 9.17) is 0 Å². The molecule has 1 fully saturated rings. The van der Waals surface area contributed by atoms with Crippen LogP contribution in [0.5, 0.6) is 0 Å². The van der Waals surface area contributed by atoms with Crippen LogP contribution in [0.1, 0.15) is 26.7 Å². The van der Waals surface area contributed by atoms with E-state index >= 15 is 0 Å². The smallest absolute Gasteiger partial charge is 0.0942 e. The normalized spacial score (nSPS) is 48.2. The summed E-state index contributed by atoms with van der Waals surface area (Å²) >= 11 is 0. The van der Waals surface area contributed by atoms with E-state index in [9.17, 15) is 10.2 Å². The van der Waals surface area contributed by atoms with Gasteiger partial charge in [-0.25, -0.2) is 0 Å². The molecule has 0 heterocycles. The van der Waals surface area contributed by atoms with E-state index in [1.165, 1.54) is 0 Å². The molecule has 0 spiro atoms. The first-order chi connectivity index (χ1) is 4.35. The summed E-state index contributed by atoms with van der Waals surface area (Å²) in [6, 6.07) is 0. The van der Waals surface area contributed by atoms with Gasteiger partial charge in [-0.15, -0.1) is 0 Å². The largest absolute Gasteiger partial charge is 0.387 e. The molecule has 1 aliphatic rings. The van der Waals surface area contributed by atoms with Gasteiger partial charge in [-0.05, 0) is 26.7 Å². The third-order valence-corrected chi connectivity index (χ3v) is 2.35. The van der Waals surface area contributed by atoms with Crippen molar-refractivity contribution < 1.29 is 10.2 Å². The quantitative estimate of drug-likeness (QED) is 0.492. The highest BCUT2D eigenvalue weighted by Crippen LogP contribution is 2.40. The van der Waals surface area contributed by atoms with E-state index < -0.39 is 11.2 Å². The van der Waals surface area contributed by atoms with Crippen LogP contribution in [0.2, 0.25) is 0 Å². The maximum absolute atomic E-state index is 9.58. The SMILES string of the molecule is C=C1C[C@](C)(O)[C@](C)(O)C1. The second-order valence-electron chi connectivity index (χ2n) is 3.65. The number of hydrogen-bond acceptors (Lipinski definition) is 2. The van der Waals surface area contributed by atoms with Crippen LogP contribution in [0.15, 0.2) is 12.2 Å². The summed E-state index contributed by atoms with van der Waals surface area (Å²) in [4.78, 5) is 0. The van der Waals surface area contributed by atoms with Gasteiger partial charge in [0.1, 0.15) is 0 Å². The summed E-state index contributed by atoms with van der Waals surface area (Å²) < 4.78 is 0. The zero-order valence-corrected chi connectivity index (χ0v) is 6.52. The summed E-state index contributed by atoms with van der Waals surface area (Å²) in [5, 5.41) is 19.2. The van der Waals surface area contributed by atoms with E-state index in [-0.39, 0.29) is 0 Å². The van der Waals surface area contributed by atoms with Crippen molar-refractivity contribution in [1.29, 1.82) is 0 Å².